The van der Waals surface area contributed by atoms with Crippen molar-refractivity contribution in [2.75, 3.05) is 6.61 Å². The molecule has 0 aliphatic heterocycles. The minimum Gasteiger partial charge on any atom is -0.483 e. The fourth-order valence-corrected chi connectivity index (χ4v) is 4.84. The molecule has 0 heterocycles. The Hall–Kier alpha value is -1.71. The first-order valence-corrected chi connectivity index (χ1v) is 12.3. The zero-order valence-electron chi connectivity index (χ0n) is 17.0. The quantitative estimate of drug-likeness (QED) is 0.331. The zero-order chi connectivity index (χ0) is 22.2. The van der Waals surface area contributed by atoms with E-state index in [2.05, 4.69) is 48.0 Å². The first kappa shape index (κ1) is 23.9. The molecular formula is C22H25Br2N3O3S. The topological polar surface area (TPSA) is 79.5 Å². The third-order valence-corrected chi connectivity index (χ3v) is 6.83. The maximum atomic E-state index is 12.1. The van der Waals surface area contributed by atoms with E-state index < -0.39 is 5.91 Å². The Bertz CT molecular complexity index is 964. The summed E-state index contributed by atoms with van der Waals surface area (Å²) in [5.41, 5.74) is 4.98. The first-order valence-electron chi connectivity index (χ1n) is 10.3. The summed E-state index contributed by atoms with van der Waals surface area (Å²) in [6, 6.07) is 9.64. The third-order valence-electron chi connectivity index (χ3n) is 5.31. The molecule has 0 bridgehead atoms. The number of hydrogen-bond acceptors (Lipinski definition) is 4. The Labute approximate surface area is 204 Å². The molecular weight excluding hydrogens is 546 g/mol. The predicted octanol–water partition coefficient (Wildman–Crippen LogP) is 5.13. The number of benzene rings is 2. The van der Waals surface area contributed by atoms with Gasteiger partial charge in [0.15, 0.2) is 11.7 Å². The van der Waals surface area contributed by atoms with Gasteiger partial charge < -0.3 is 10.1 Å². The molecule has 1 saturated carbocycles. The highest BCUT2D eigenvalue weighted by Gasteiger charge is 2.15. The lowest BCUT2D eigenvalue weighted by atomic mass is 9.86. The fraction of sp³-hybridized carbons (Fsp3) is 0.409. The Balaban J connectivity index is 1.38. The van der Waals surface area contributed by atoms with Gasteiger partial charge in [0.2, 0.25) is 5.91 Å². The lowest BCUT2D eigenvalue weighted by molar-refractivity contribution is -0.124. The van der Waals surface area contributed by atoms with Crippen LogP contribution in [-0.4, -0.2) is 23.5 Å². The van der Waals surface area contributed by atoms with Gasteiger partial charge in [-0.1, -0.05) is 60.2 Å². The van der Waals surface area contributed by atoms with Crippen molar-refractivity contribution in [2.24, 2.45) is 5.92 Å². The van der Waals surface area contributed by atoms with E-state index in [4.69, 9.17) is 17.0 Å². The van der Waals surface area contributed by atoms with Crippen molar-refractivity contribution in [3.63, 3.8) is 0 Å². The average molecular weight is 571 g/mol. The molecule has 1 aliphatic carbocycles. The second-order valence-electron chi connectivity index (χ2n) is 7.63. The van der Waals surface area contributed by atoms with Crippen LogP contribution in [0.15, 0.2) is 39.3 Å². The van der Waals surface area contributed by atoms with Crippen molar-refractivity contribution in [1.29, 1.82) is 0 Å². The van der Waals surface area contributed by atoms with Crippen molar-refractivity contribution >= 4 is 71.8 Å². The van der Waals surface area contributed by atoms with E-state index in [1.54, 1.807) is 6.07 Å². The van der Waals surface area contributed by atoms with Crippen molar-refractivity contribution in [2.45, 2.75) is 44.9 Å². The summed E-state index contributed by atoms with van der Waals surface area (Å²) in [7, 11) is 0. The maximum absolute atomic E-state index is 12.1. The number of halogens is 2. The summed E-state index contributed by atoms with van der Waals surface area (Å²) < 4.78 is 7.38. The third kappa shape index (κ3) is 7.43. The number of hydrazine groups is 1. The summed E-state index contributed by atoms with van der Waals surface area (Å²) in [5, 5.41) is 4.69. The fourth-order valence-electron chi connectivity index (χ4n) is 3.69. The van der Waals surface area contributed by atoms with Gasteiger partial charge in [-0.15, -0.1) is 0 Å². The molecule has 3 rings (SSSR count). The van der Waals surface area contributed by atoms with E-state index in [1.165, 1.54) is 32.1 Å². The van der Waals surface area contributed by atoms with Gasteiger partial charge in [-0.2, -0.15) is 0 Å². The Kier molecular flexibility index (Phi) is 9.10. The monoisotopic (exact) mass is 569 g/mol. The van der Waals surface area contributed by atoms with Gasteiger partial charge >= 0.3 is 0 Å². The average Bonchev–Trinajstić information content (AvgIpc) is 2.76. The van der Waals surface area contributed by atoms with Crippen LogP contribution in [0.2, 0.25) is 0 Å². The molecule has 0 saturated heterocycles. The molecule has 6 nitrogen and oxygen atoms in total. The molecule has 2 aromatic carbocycles. The van der Waals surface area contributed by atoms with E-state index in [9.17, 15) is 9.59 Å². The summed E-state index contributed by atoms with van der Waals surface area (Å²) in [6.07, 6.45) is 7.55. The Morgan fingerprint density at radius 1 is 1.03 bits per heavy atom. The molecule has 9 heteroatoms. The largest absolute Gasteiger partial charge is 0.483 e. The van der Waals surface area contributed by atoms with Crippen LogP contribution in [0.25, 0.3) is 10.8 Å². The number of nitrogens with one attached hydrogen (secondary N) is 3. The Morgan fingerprint density at radius 3 is 2.58 bits per heavy atom. The van der Waals surface area contributed by atoms with Crippen LogP contribution in [0, 0.1) is 5.92 Å². The maximum Gasteiger partial charge on any atom is 0.276 e. The molecule has 166 valence electrons. The highest BCUT2D eigenvalue weighted by atomic mass is 79.9. The summed E-state index contributed by atoms with van der Waals surface area (Å²) in [4.78, 5) is 24.1. The number of carbonyl (C=O) groups is 2. The van der Waals surface area contributed by atoms with E-state index in [0.717, 1.165) is 26.1 Å². The molecule has 1 aliphatic rings. The van der Waals surface area contributed by atoms with Crippen molar-refractivity contribution in [3.05, 3.63) is 39.3 Å². The minimum atomic E-state index is -0.415. The number of fused-ring (bicyclic) bond motifs is 1. The van der Waals surface area contributed by atoms with Crippen LogP contribution in [0.1, 0.15) is 44.9 Å². The van der Waals surface area contributed by atoms with Crippen molar-refractivity contribution < 1.29 is 14.3 Å². The van der Waals surface area contributed by atoms with Crippen LogP contribution < -0.4 is 20.9 Å². The van der Waals surface area contributed by atoms with Gasteiger partial charge in [0.25, 0.3) is 5.91 Å². The molecule has 0 spiro atoms. The molecule has 0 atom stereocenters. The van der Waals surface area contributed by atoms with E-state index in [1.807, 2.05) is 24.3 Å². The molecule has 0 radical (unpaired) electrons. The highest BCUT2D eigenvalue weighted by Crippen LogP contribution is 2.34. The normalized spacial score (nSPS) is 14.1. The van der Waals surface area contributed by atoms with Crippen LogP contribution in [0.5, 0.6) is 5.75 Å². The smallest absolute Gasteiger partial charge is 0.276 e. The molecule has 3 N–H and O–H groups in total. The number of carbonyl (C=O) groups excluding carboxylic acids is 2. The van der Waals surface area contributed by atoms with Crippen LogP contribution in [-0.2, 0) is 9.59 Å². The van der Waals surface area contributed by atoms with Crippen LogP contribution in [0.3, 0.4) is 0 Å². The second kappa shape index (κ2) is 11.8. The van der Waals surface area contributed by atoms with Crippen molar-refractivity contribution in [1.82, 2.24) is 16.2 Å². The van der Waals surface area contributed by atoms with E-state index in [0.29, 0.717) is 18.1 Å². The summed E-state index contributed by atoms with van der Waals surface area (Å²) in [6.45, 7) is -0.203. The summed E-state index contributed by atoms with van der Waals surface area (Å²) >= 11 is 12.1. The first-order chi connectivity index (χ1) is 14.9. The highest BCUT2D eigenvalue weighted by molar-refractivity contribution is 9.11. The van der Waals surface area contributed by atoms with Gasteiger partial charge in [0.1, 0.15) is 5.75 Å². The number of thiocarbonyl (C=S) groups is 1. The molecule has 2 aromatic rings. The predicted molar refractivity (Wildman–Crippen MR) is 133 cm³/mol. The number of amides is 2. The van der Waals surface area contributed by atoms with Crippen molar-refractivity contribution in [3.8, 4) is 5.75 Å². The number of ether oxygens (including phenoxy) is 1. The molecule has 1 fully saturated rings. The standard InChI is InChI=1S/C22H25Br2N3O3S/c23-16-8-9-17-15(12-16)7-10-18(21(17)24)30-13-20(29)26-27-22(31)25-19(28)11-6-14-4-2-1-3-5-14/h7-10,12,14H,1-6,11,13H2,(H,26,29)(H2,25,27,28,31). The number of hydrogen-bond donors (Lipinski definition) is 3. The summed E-state index contributed by atoms with van der Waals surface area (Å²) in [5.74, 6) is 0.638. The van der Waals surface area contributed by atoms with E-state index in [-0.39, 0.29) is 17.6 Å². The molecule has 0 unspecified atom stereocenters. The van der Waals surface area contributed by atoms with Gasteiger partial charge in [-0.3, -0.25) is 20.4 Å². The second-order valence-corrected chi connectivity index (χ2v) is 9.74. The number of rotatable bonds is 6. The van der Waals surface area contributed by atoms with Gasteiger partial charge in [0, 0.05) is 10.9 Å². The molecule has 31 heavy (non-hydrogen) atoms. The molecule has 0 aromatic heterocycles. The lowest BCUT2D eigenvalue weighted by Gasteiger charge is -2.21. The molecule has 2 amide bonds. The van der Waals surface area contributed by atoms with Crippen LogP contribution in [0.4, 0.5) is 0 Å². The van der Waals surface area contributed by atoms with Gasteiger partial charge in [0.05, 0.1) is 4.47 Å². The SMILES string of the molecule is O=C(COc1ccc2cc(Br)ccc2c1Br)NNC(=S)NC(=O)CCC1CCCCC1. The van der Waals surface area contributed by atoms with Gasteiger partial charge in [-0.05, 0) is 69.5 Å². The lowest BCUT2D eigenvalue weighted by Crippen LogP contribution is -2.49. The Morgan fingerprint density at radius 2 is 1.81 bits per heavy atom. The minimum absolute atomic E-state index is 0.0689. The van der Waals surface area contributed by atoms with E-state index >= 15 is 0 Å². The van der Waals surface area contributed by atoms with Gasteiger partial charge in [-0.25, -0.2) is 0 Å². The zero-order valence-corrected chi connectivity index (χ0v) is 21.0. The van der Waals surface area contributed by atoms with Crippen LogP contribution >= 0.6 is 44.1 Å².